The van der Waals surface area contributed by atoms with Crippen LogP contribution in [0.3, 0.4) is 0 Å². The fraction of sp³-hybridized carbons (Fsp3) is 0.588. The Kier molecular flexibility index (Phi) is 7.23. The molecule has 4 heteroatoms. The molecule has 1 N–H and O–H groups in total. The second-order valence-corrected chi connectivity index (χ2v) is 5.42. The van der Waals surface area contributed by atoms with Crippen molar-refractivity contribution in [2.45, 2.75) is 52.6 Å². The number of carboxylic acid groups (broad SMARTS) is 1. The zero-order valence-corrected chi connectivity index (χ0v) is 13.6. The molecular weight excluding hydrogens is 266 g/mol. The number of rotatable bonds is 9. The molecule has 0 fully saturated rings. The maximum atomic E-state index is 11.3. The van der Waals surface area contributed by atoms with Crippen LogP contribution in [0.2, 0.25) is 0 Å². The lowest BCUT2D eigenvalue weighted by atomic mass is 10.1. The summed E-state index contributed by atoms with van der Waals surface area (Å²) in [6, 6.07) is 5.91. The van der Waals surface area contributed by atoms with E-state index < -0.39 is 5.97 Å². The largest absolute Gasteiger partial charge is 0.496 e. The van der Waals surface area contributed by atoms with Crippen LogP contribution in [0.4, 0.5) is 0 Å². The first-order valence-corrected chi connectivity index (χ1v) is 7.67. The smallest absolute Gasteiger partial charge is 0.339 e. The van der Waals surface area contributed by atoms with E-state index in [0.717, 1.165) is 37.9 Å². The molecule has 0 spiro atoms. The quantitative estimate of drug-likeness (QED) is 0.752. The molecule has 0 aliphatic carbocycles. The Morgan fingerprint density at radius 1 is 1.38 bits per heavy atom. The van der Waals surface area contributed by atoms with Crippen LogP contribution in [0.5, 0.6) is 5.75 Å². The normalized spacial score (nSPS) is 12.4. The first kappa shape index (κ1) is 17.5. The highest BCUT2D eigenvalue weighted by atomic mass is 16.5. The van der Waals surface area contributed by atoms with Crippen LogP contribution < -0.4 is 4.74 Å². The van der Waals surface area contributed by atoms with Crippen LogP contribution >= 0.6 is 0 Å². The first-order valence-electron chi connectivity index (χ1n) is 7.67. The highest BCUT2D eigenvalue weighted by molar-refractivity contribution is 5.91. The van der Waals surface area contributed by atoms with Gasteiger partial charge in [0.1, 0.15) is 11.3 Å². The van der Waals surface area contributed by atoms with Crippen LogP contribution in [-0.2, 0) is 6.54 Å². The van der Waals surface area contributed by atoms with E-state index in [1.54, 1.807) is 12.1 Å². The van der Waals surface area contributed by atoms with Gasteiger partial charge >= 0.3 is 5.97 Å². The fourth-order valence-electron chi connectivity index (χ4n) is 2.33. The SMILES string of the molecule is CCCCN(Cc1ccc(OC)c(C(=O)O)c1)C(C)CC. The zero-order chi connectivity index (χ0) is 15.8. The van der Waals surface area contributed by atoms with Gasteiger partial charge in [-0.2, -0.15) is 0 Å². The minimum absolute atomic E-state index is 0.231. The number of carbonyl (C=O) groups is 1. The van der Waals surface area contributed by atoms with E-state index in [9.17, 15) is 9.90 Å². The van der Waals surface area contributed by atoms with Gasteiger partial charge in [0.2, 0.25) is 0 Å². The predicted molar refractivity (Wildman–Crippen MR) is 85.0 cm³/mol. The summed E-state index contributed by atoms with van der Waals surface area (Å²) in [5.74, 6) is -0.535. The van der Waals surface area contributed by atoms with E-state index in [-0.39, 0.29) is 5.56 Å². The van der Waals surface area contributed by atoms with Gasteiger partial charge in [-0.15, -0.1) is 0 Å². The van der Waals surface area contributed by atoms with E-state index in [2.05, 4.69) is 25.7 Å². The van der Waals surface area contributed by atoms with E-state index in [4.69, 9.17) is 4.74 Å². The number of aromatic carboxylic acids is 1. The molecule has 0 aromatic heterocycles. The van der Waals surface area contributed by atoms with Gasteiger partial charge in [-0.3, -0.25) is 4.90 Å². The fourth-order valence-corrected chi connectivity index (χ4v) is 2.33. The number of hydrogen-bond acceptors (Lipinski definition) is 3. The Morgan fingerprint density at radius 2 is 2.10 bits per heavy atom. The molecular formula is C17H27NO3. The van der Waals surface area contributed by atoms with Gasteiger partial charge < -0.3 is 9.84 Å². The van der Waals surface area contributed by atoms with Crippen molar-refractivity contribution in [1.82, 2.24) is 4.90 Å². The highest BCUT2D eigenvalue weighted by Gasteiger charge is 2.15. The van der Waals surface area contributed by atoms with Gasteiger partial charge in [0.15, 0.2) is 0 Å². The van der Waals surface area contributed by atoms with Gasteiger partial charge in [-0.25, -0.2) is 4.79 Å². The van der Waals surface area contributed by atoms with Crippen LogP contribution in [0.25, 0.3) is 0 Å². The second-order valence-electron chi connectivity index (χ2n) is 5.42. The first-order chi connectivity index (χ1) is 10.0. The van der Waals surface area contributed by atoms with Crippen molar-refractivity contribution < 1.29 is 14.6 Å². The summed E-state index contributed by atoms with van der Waals surface area (Å²) in [5, 5.41) is 9.26. The molecule has 0 heterocycles. The number of ether oxygens (including phenoxy) is 1. The van der Waals surface area contributed by atoms with Crippen molar-refractivity contribution in [3.05, 3.63) is 29.3 Å². The Hall–Kier alpha value is -1.55. The van der Waals surface area contributed by atoms with Crippen molar-refractivity contribution in [3.8, 4) is 5.75 Å². The summed E-state index contributed by atoms with van der Waals surface area (Å²) < 4.78 is 5.11. The molecule has 0 aliphatic heterocycles. The molecule has 0 aliphatic rings. The Morgan fingerprint density at radius 3 is 2.62 bits per heavy atom. The van der Waals surface area contributed by atoms with Crippen LogP contribution in [0.1, 0.15) is 56.0 Å². The zero-order valence-electron chi connectivity index (χ0n) is 13.6. The lowest BCUT2D eigenvalue weighted by Gasteiger charge is -2.28. The van der Waals surface area contributed by atoms with Crippen LogP contribution in [0, 0.1) is 0 Å². The molecule has 0 saturated heterocycles. The summed E-state index contributed by atoms with van der Waals surface area (Å²) in [4.78, 5) is 13.7. The standard InChI is InChI=1S/C17H27NO3/c1-5-7-10-18(13(3)6-2)12-14-8-9-16(21-4)15(11-14)17(19)20/h8-9,11,13H,5-7,10,12H2,1-4H3,(H,19,20). The monoisotopic (exact) mass is 293 g/mol. The third kappa shape index (κ3) is 5.05. The average molecular weight is 293 g/mol. The summed E-state index contributed by atoms with van der Waals surface area (Å²) in [5.41, 5.74) is 1.25. The van der Waals surface area contributed by atoms with Crippen molar-refractivity contribution in [2.75, 3.05) is 13.7 Å². The van der Waals surface area contributed by atoms with Gasteiger partial charge in [-0.05, 0) is 44.0 Å². The predicted octanol–water partition coefficient (Wildman–Crippen LogP) is 3.79. The van der Waals surface area contributed by atoms with Gasteiger partial charge in [0.05, 0.1) is 7.11 Å². The molecule has 0 bridgehead atoms. The van der Waals surface area contributed by atoms with Gasteiger partial charge in [0, 0.05) is 12.6 Å². The molecule has 1 rings (SSSR count). The second kappa shape index (κ2) is 8.67. The van der Waals surface area contributed by atoms with E-state index in [1.165, 1.54) is 7.11 Å². The van der Waals surface area contributed by atoms with Crippen molar-refractivity contribution in [1.29, 1.82) is 0 Å². The highest BCUT2D eigenvalue weighted by Crippen LogP contribution is 2.21. The maximum absolute atomic E-state index is 11.3. The molecule has 0 amide bonds. The Bertz CT molecular complexity index is 459. The molecule has 1 aromatic rings. The number of unbranched alkanes of at least 4 members (excludes halogenated alkanes) is 1. The Balaban J connectivity index is 2.92. The van der Waals surface area contributed by atoms with Crippen LogP contribution in [0.15, 0.2) is 18.2 Å². The molecule has 1 unspecified atom stereocenters. The summed E-state index contributed by atoms with van der Waals surface area (Å²) in [7, 11) is 1.49. The average Bonchev–Trinajstić information content (AvgIpc) is 2.50. The lowest BCUT2D eigenvalue weighted by Crippen LogP contribution is -2.33. The topological polar surface area (TPSA) is 49.8 Å². The maximum Gasteiger partial charge on any atom is 0.339 e. The summed E-state index contributed by atoms with van der Waals surface area (Å²) in [6.45, 7) is 8.40. The van der Waals surface area contributed by atoms with Crippen molar-refractivity contribution >= 4 is 5.97 Å². The molecule has 118 valence electrons. The van der Waals surface area contributed by atoms with Crippen LogP contribution in [-0.4, -0.2) is 35.7 Å². The number of benzene rings is 1. The minimum Gasteiger partial charge on any atom is -0.496 e. The van der Waals surface area contributed by atoms with Crippen molar-refractivity contribution in [3.63, 3.8) is 0 Å². The van der Waals surface area contributed by atoms with E-state index in [0.29, 0.717) is 11.8 Å². The number of hydrogen-bond donors (Lipinski definition) is 1. The van der Waals surface area contributed by atoms with Gasteiger partial charge in [0.25, 0.3) is 0 Å². The van der Waals surface area contributed by atoms with Crippen molar-refractivity contribution in [2.24, 2.45) is 0 Å². The lowest BCUT2D eigenvalue weighted by molar-refractivity contribution is 0.0693. The third-order valence-electron chi connectivity index (χ3n) is 3.89. The third-order valence-corrected chi connectivity index (χ3v) is 3.89. The summed E-state index contributed by atoms with van der Waals surface area (Å²) in [6.07, 6.45) is 3.41. The summed E-state index contributed by atoms with van der Waals surface area (Å²) >= 11 is 0. The number of nitrogens with zero attached hydrogens (tertiary/aromatic N) is 1. The molecule has 0 radical (unpaired) electrons. The molecule has 0 saturated carbocycles. The number of carboxylic acids is 1. The molecule has 1 atom stereocenters. The molecule has 1 aromatic carbocycles. The van der Waals surface area contributed by atoms with Gasteiger partial charge in [-0.1, -0.05) is 26.3 Å². The minimum atomic E-state index is -0.947. The van der Waals surface area contributed by atoms with E-state index in [1.807, 2.05) is 6.07 Å². The Labute approximate surface area is 127 Å². The molecule has 21 heavy (non-hydrogen) atoms. The van der Waals surface area contributed by atoms with E-state index >= 15 is 0 Å². The molecule has 4 nitrogen and oxygen atoms in total. The number of methoxy groups -OCH3 is 1.